The molecule has 0 aliphatic carbocycles. The van der Waals surface area contributed by atoms with Crippen molar-refractivity contribution in [1.29, 1.82) is 0 Å². The molecule has 2 unspecified atom stereocenters. The molecule has 0 radical (unpaired) electrons. The van der Waals surface area contributed by atoms with E-state index in [2.05, 4.69) is 19.2 Å². The van der Waals surface area contributed by atoms with E-state index >= 15 is 0 Å². The summed E-state index contributed by atoms with van der Waals surface area (Å²) >= 11 is 1.59. The van der Waals surface area contributed by atoms with Crippen LogP contribution in [-0.2, 0) is 19.2 Å². The first-order valence-corrected chi connectivity index (χ1v) is 15.7. The van der Waals surface area contributed by atoms with E-state index < -0.39 is 24.0 Å². The van der Waals surface area contributed by atoms with Gasteiger partial charge in [-0.2, -0.15) is 11.8 Å². The van der Waals surface area contributed by atoms with Crippen LogP contribution in [0.15, 0.2) is 0 Å². The number of nitrogens with zero attached hydrogens (tertiary/aromatic N) is 1. The maximum atomic E-state index is 11.9. The van der Waals surface area contributed by atoms with Gasteiger partial charge in [0.1, 0.15) is 12.1 Å². The molecule has 216 valence electrons. The second kappa shape index (κ2) is 23.4. The number of nitrogens with one attached hydrogen (secondary N) is 1. The molecule has 9 heteroatoms. The monoisotopic (exact) mass is 544 g/mol. The van der Waals surface area contributed by atoms with Gasteiger partial charge < -0.3 is 20.4 Å². The summed E-state index contributed by atoms with van der Waals surface area (Å²) in [6.45, 7) is 4.97. The molecule has 0 bridgehead atoms. The molecule has 0 aromatic carbocycles. The number of hydrogen-bond donors (Lipinski definition) is 3. The summed E-state index contributed by atoms with van der Waals surface area (Å²) in [5.74, 6) is -1.16. The molecule has 1 aliphatic rings. The Hall–Kier alpha value is -1.77. The van der Waals surface area contributed by atoms with Crippen molar-refractivity contribution in [2.75, 3.05) is 18.6 Å². The largest absolute Gasteiger partial charge is 0.480 e. The molecule has 3 N–H and O–H groups in total. The molecule has 1 heterocycles. The summed E-state index contributed by atoms with van der Waals surface area (Å²) in [7, 11) is 0. The van der Waals surface area contributed by atoms with E-state index in [9.17, 15) is 19.2 Å². The molecule has 0 saturated carbocycles. The van der Waals surface area contributed by atoms with Crippen molar-refractivity contribution in [2.24, 2.45) is 0 Å². The summed E-state index contributed by atoms with van der Waals surface area (Å²) in [5.41, 5.74) is 0. The van der Waals surface area contributed by atoms with E-state index in [0.29, 0.717) is 32.2 Å². The fourth-order valence-corrected chi connectivity index (χ4v) is 4.82. The number of amides is 2. The topological polar surface area (TPSA) is 124 Å². The molecule has 1 aliphatic heterocycles. The zero-order valence-corrected chi connectivity index (χ0v) is 24.3. The molecule has 1 fully saturated rings. The van der Waals surface area contributed by atoms with Crippen LogP contribution in [0, 0.1) is 0 Å². The van der Waals surface area contributed by atoms with Gasteiger partial charge in [-0.3, -0.25) is 9.59 Å². The van der Waals surface area contributed by atoms with Crippen molar-refractivity contribution in [3.63, 3.8) is 0 Å². The van der Waals surface area contributed by atoms with E-state index in [4.69, 9.17) is 10.2 Å². The van der Waals surface area contributed by atoms with Gasteiger partial charge in [-0.15, -0.1) is 0 Å². The van der Waals surface area contributed by atoms with Crippen LogP contribution in [0.4, 0.5) is 0 Å². The van der Waals surface area contributed by atoms with Crippen molar-refractivity contribution in [3.05, 3.63) is 0 Å². The zero-order chi connectivity index (χ0) is 27.9. The van der Waals surface area contributed by atoms with Gasteiger partial charge in [0.25, 0.3) is 0 Å². The molecule has 0 spiro atoms. The van der Waals surface area contributed by atoms with Crippen molar-refractivity contribution in [2.45, 2.75) is 135 Å². The number of carbonyl (C=O) groups excluding carboxylic acids is 2. The lowest BCUT2D eigenvalue weighted by molar-refractivity contribution is -0.148. The average molecular weight is 545 g/mol. The molecule has 1 rings (SSSR count). The number of unbranched alkanes of at least 4 members (excludes halogenated alkanes) is 10. The maximum absolute atomic E-state index is 11.9. The number of rotatable bonds is 20. The Bertz CT molecular complexity index is 646. The highest BCUT2D eigenvalue weighted by Gasteiger charge is 2.33. The predicted octanol–water partition coefficient (Wildman–Crippen LogP) is 5.87. The van der Waals surface area contributed by atoms with E-state index in [0.717, 1.165) is 44.3 Å². The van der Waals surface area contributed by atoms with E-state index in [1.165, 1.54) is 44.9 Å². The van der Waals surface area contributed by atoms with E-state index in [-0.39, 0.29) is 11.8 Å². The minimum Gasteiger partial charge on any atom is -0.480 e. The van der Waals surface area contributed by atoms with Crippen LogP contribution < -0.4 is 5.32 Å². The third kappa shape index (κ3) is 18.2. The molecular weight excluding hydrogens is 492 g/mol. The zero-order valence-electron chi connectivity index (χ0n) is 23.5. The van der Waals surface area contributed by atoms with Crippen LogP contribution in [0.25, 0.3) is 0 Å². The summed E-state index contributed by atoms with van der Waals surface area (Å²) in [6, 6.07) is -1.31. The molecule has 37 heavy (non-hydrogen) atoms. The van der Waals surface area contributed by atoms with Crippen molar-refractivity contribution in [3.8, 4) is 0 Å². The first kappa shape index (κ1) is 35.2. The van der Waals surface area contributed by atoms with Gasteiger partial charge in [0.05, 0.1) is 0 Å². The average Bonchev–Trinajstić information content (AvgIpc) is 3.37. The first-order chi connectivity index (χ1) is 17.8. The second-order valence-electron chi connectivity index (χ2n) is 9.86. The highest BCUT2D eigenvalue weighted by molar-refractivity contribution is 7.98. The second-order valence-corrected chi connectivity index (χ2v) is 10.8. The van der Waals surface area contributed by atoms with E-state index in [1.54, 1.807) is 16.7 Å². The Kier molecular flexibility index (Phi) is 22.2. The third-order valence-corrected chi connectivity index (χ3v) is 7.25. The number of aliphatic carboxylic acids is 2. The van der Waals surface area contributed by atoms with Crippen LogP contribution >= 0.6 is 11.8 Å². The fourth-order valence-electron chi connectivity index (χ4n) is 4.35. The SMILES string of the molecule is CCCCCCCCC(=O)N1CCCC1C(=O)O.CCCCCCCCC(=O)NC(CCSC)C(=O)O. The standard InChI is InChI=1S/C14H27NO3S.C14H25NO3/c1-3-4-5-6-7-8-9-13(16)15-12(14(17)18)10-11-19-2;1-2-3-4-5-6-7-10-13(16)15-11-8-9-12(15)14(17)18/h12H,3-11H2,1-2H3,(H,15,16)(H,17,18);12H,2-11H2,1H3,(H,17,18). The Morgan fingerprint density at radius 1 is 0.865 bits per heavy atom. The minimum absolute atomic E-state index is 0.0235. The lowest BCUT2D eigenvalue weighted by Crippen LogP contribution is -2.41. The molecule has 0 aromatic rings. The summed E-state index contributed by atoms with van der Waals surface area (Å²) in [6.07, 6.45) is 18.4. The lowest BCUT2D eigenvalue weighted by Gasteiger charge is -2.21. The van der Waals surface area contributed by atoms with Gasteiger partial charge in [-0.1, -0.05) is 78.1 Å². The number of carboxylic acids is 2. The Labute approximate surface area is 228 Å². The van der Waals surface area contributed by atoms with Gasteiger partial charge >= 0.3 is 11.9 Å². The third-order valence-electron chi connectivity index (χ3n) is 6.60. The van der Waals surface area contributed by atoms with E-state index in [1.807, 2.05) is 6.26 Å². The Balaban J connectivity index is 0.000000701. The fraction of sp³-hybridized carbons (Fsp3) is 0.857. The van der Waals surface area contributed by atoms with Gasteiger partial charge in [0, 0.05) is 19.4 Å². The van der Waals surface area contributed by atoms with Crippen LogP contribution in [-0.4, -0.2) is 69.5 Å². The summed E-state index contributed by atoms with van der Waals surface area (Å²) in [5, 5.41) is 20.6. The molecule has 0 aromatic heterocycles. The summed E-state index contributed by atoms with van der Waals surface area (Å²) < 4.78 is 0. The van der Waals surface area contributed by atoms with Crippen LogP contribution in [0.1, 0.15) is 123 Å². The number of hydrogen-bond acceptors (Lipinski definition) is 5. The van der Waals surface area contributed by atoms with Gasteiger partial charge in [0.15, 0.2) is 0 Å². The number of likely N-dealkylation sites (tertiary alicyclic amines) is 1. The van der Waals surface area contributed by atoms with Crippen molar-refractivity contribution < 1.29 is 29.4 Å². The van der Waals surface area contributed by atoms with Gasteiger partial charge in [0.2, 0.25) is 11.8 Å². The molecule has 1 saturated heterocycles. The quantitative estimate of drug-likeness (QED) is 0.164. The number of carboxylic acid groups (broad SMARTS) is 2. The molecular formula is C28H52N2O6S. The smallest absolute Gasteiger partial charge is 0.326 e. The molecule has 2 amide bonds. The van der Waals surface area contributed by atoms with Gasteiger partial charge in [-0.25, -0.2) is 9.59 Å². The summed E-state index contributed by atoms with van der Waals surface area (Å²) in [4.78, 5) is 47.0. The highest BCUT2D eigenvalue weighted by Crippen LogP contribution is 2.19. The van der Waals surface area contributed by atoms with Crippen LogP contribution in [0.3, 0.4) is 0 Å². The Morgan fingerprint density at radius 3 is 1.92 bits per heavy atom. The number of carbonyl (C=O) groups is 4. The van der Waals surface area contributed by atoms with Crippen molar-refractivity contribution in [1.82, 2.24) is 10.2 Å². The van der Waals surface area contributed by atoms with Crippen molar-refractivity contribution >= 4 is 35.5 Å². The predicted molar refractivity (Wildman–Crippen MR) is 151 cm³/mol. The minimum atomic E-state index is -0.939. The maximum Gasteiger partial charge on any atom is 0.326 e. The van der Waals surface area contributed by atoms with Crippen LogP contribution in [0.5, 0.6) is 0 Å². The Morgan fingerprint density at radius 2 is 1.41 bits per heavy atom. The molecule has 2 atom stereocenters. The normalized spacial score (nSPS) is 15.5. The van der Waals surface area contributed by atoms with Gasteiger partial charge in [-0.05, 0) is 44.1 Å². The highest BCUT2D eigenvalue weighted by atomic mass is 32.2. The first-order valence-electron chi connectivity index (χ1n) is 14.3. The lowest BCUT2D eigenvalue weighted by atomic mass is 10.1. The number of thioether (sulfide) groups is 1. The van der Waals surface area contributed by atoms with Crippen LogP contribution in [0.2, 0.25) is 0 Å². The molecule has 8 nitrogen and oxygen atoms in total.